The van der Waals surface area contributed by atoms with Crippen LogP contribution < -0.4 is 10.5 Å². The van der Waals surface area contributed by atoms with Crippen molar-refractivity contribution in [3.8, 4) is 5.75 Å². The largest absolute Gasteiger partial charge is 0.491 e. The topological polar surface area (TPSA) is 44.5 Å². The van der Waals surface area contributed by atoms with Crippen LogP contribution in [-0.4, -0.2) is 19.3 Å². The number of ether oxygens (including phenoxy) is 2. The first kappa shape index (κ1) is 12.3. The fourth-order valence-electron chi connectivity index (χ4n) is 1.97. The van der Waals surface area contributed by atoms with E-state index in [9.17, 15) is 4.39 Å². The van der Waals surface area contributed by atoms with Crippen LogP contribution in [0.15, 0.2) is 18.2 Å². The number of benzene rings is 1. The van der Waals surface area contributed by atoms with Gasteiger partial charge < -0.3 is 15.2 Å². The maximum atomic E-state index is 13.1. The van der Waals surface area contributed by atoms with Crippen LogP contribution >= 0.6 is 0 Å². The molecule has 1 aromatic carbocycles. The van der Waals surface area contributed by atoms with Gasteiger partial charge in [-0.3, -0.25) is 0 Å². The molecule has 2 atom stereocenters. The summed E-state index contributed by atoms with van der Waals surface area (Å²) in [6.45, 7) is 3.12. The van der Waals surface area contributed by atoms with Crippen LogP contribution in [0.2, 0.25) is 0 Å². The van der Waals surface area contributed by atoms with E-state index in [0.29, 0.717) is 17.9 Å². The van der Waals surface area contributed by atoms with Crippen LogP contribution in [0.1, 0.15) is 31.4 Å². The van der Waals surface area contributed by atoms with Crippen molar-refractivity contribution in [1.82, 2.24) is 0 Å². The molecule has 4 heteroatoms. The first-order valence-electron chi connectivity index (χ1n) is 5.96. The van der Waals surface area contributed by atoms with Crippen LogP contribution in [0.4, 0.5) is 4.39 Å². The minimum Gasteiger partial charge on any atom is -0.491 e. The fraction of sp³-hybridized carbons (Fsp3) is 0.538. The molecule has 17 heavy (non-hydrogen) atoms. The molecule has 0 bridgehead atoms. The van der Waals surface area contributed by atoms with E-state index >= 15 is 0 Å². The third kappa shape index (κ3) is 3.17. The summed E-state index contributed by atoms with van der Waals surface area (Å²) in [5.74, 6) is 0.360. The number of rotatable bonds is 4. The Labute approximate surface area is 101 Å². The lowest BCUT2D eigenvalue weighted by Crippen LogP contribution is -2.18. The van der Waals surface area contributed by atoms with Gasteiger partial charge in [0.05, 0.1) is 6.10 Å². The van der Waals surface area contributed by atoms with E-state index in [1.165, 1.54) is 12.1 Å². The lowest BCUT2D eigenvalue weighted by atomic mass is 10.1. The summed E-state index contributed by atoms with van der Waals surface area (Å²) in [7, 11) is 0. The molecule has 0 amide bonds. The molecule has 1 aromatic rings. The molecule has 2 unspecified atom stereocenters. The third-order valence-corrected chi connectivity index (χ3v) is 2.91. The molecule has 2 rings (SSSR count). The Balaban J connectivity index is 2.03. The molecule has 94 valence electrons. The predicted octanol–water partition coefficient (Wildman–Crippen LogP) is 2.40. The van der Waals surface area contributed by atoms with Gasteiger partial charge in [-0.2, -0.15) is 0 Å². The normalized spacial score (nSPS) is 21.5. The average Bonchev–Trinajstić information content (AvgIpc) is 2.80. The van der Waals surface area contributed by atoms with Gasteiger partial charge in [-0.25, -0.2) is 4.39 Å². The third-order valence-electron chi connectivity index (χ3n) is 2.91. The Bertz CT molecular complexity index is 376. The molecule has 2 N–H and O–H groups in total. The van der Waals surface area contributed by atoms with Gasteiger partial charge in [0, 0.05) is 18.2 Å². The molecule has 0 aliphatic carbocycles. The van der Waals surface area contributed by atoms with Crippen molar-refractivity contribution < 1.29 is 13.9 Å². The van der Waals surface area contributed by atoms with E-state index in [0.717, 1.165) is 19.4 Å². The summed E-state index contributed by atoms with van der Waals surface area (Å²) < 4.78 is 24.2. The zero-order valence-electron chi connectivity index (χ0n) is 9.99. The van der Waals surface area contributed by atoms with Crippen molar-refractivity contribution in [2.45, 2.75) is 31.9 Å². The molecule has 0 saturated carbocycles. The fourth-order valence-corrected chi connectivity index (χ4v) is 1.97. The maximum Gasteiger partial charge on any atom is 0.124 e. The van der Waals surface area contributed by atoms with Crippen molar-refractivity contribution in [3.05, 3.63) is 29.6 Å². The Kier molecular flexibility index (Phi) is 3.97. The molecule has 1 heterocycles. The first-order valence-corrected chi connectivity index (χ1v) is 5.96. The van der Waals surface area contributed by atoms with Crippen molar-refractivity contribution >= 4 is 0 Å². The van der Waals surface area contributed by atoms with Gasteiger partial charge in [0.2, 0.25) is 0 Å². The van der Waals surface area contributed by atoms with Crippen molar-refractivity contribution in [2.75, 3.05) is 13.2 Å². The second kappa shape index (κ2) is 5.47. The van der Waals surface area contributed by atoms with Gasteiger partial charge in [-0.1, -0.05) is 0 Å². The van der Waals surface area contributed by atoms with Crippen molar-refractivity contribution in [3.63, 3.8) is 0 Å². The molecule has 1 fully saturated rings. The molecule has 3 nitrogen and oxygen atoms in total. The van der Waals surface area contributed by atoms with E-state index in [-0.39, 0.29) is 18.0 Å². The van der Waals surface area contributed by atoms with Crippen molar-refractivity contribution in [1.29, 1.82) is 0 Å². The van der Waals surface area contributed by atoms with E-state index < -0.39 is 0 Å². The Morgan fingerprint density at radius 3 is 3.06 bits per heavy atom. The van der Waals surface area contributed by atoms with E-state index in [1.54, 1.807) is 6.07 Å². The quantitative estimate of drug-likeness (QED) is 0.877. The summed E-state index contributed by atoms with van der Waals surface area (Å²) in [6, 6.07) is 4.19. The van der Waals surface area contributed by atoms with E-state index in [2.05, 4.69) is 0 Å². The van der Waals surface area contributed by atoms with Crippen LogP contribution in [0.3, 0.4) is 0 Å². The van der Waals surface area contributed by atoms with Gasteiger partial charge in [0.15, 0.2) is 0 Å². The van der Waals surface area contributed by atoms with Crippen LogP contribution in [0.25, 0.3) is 0 Å². The summed E-state index contributed by atoms with van der Waals surface area (Å²) in [5, 5.41) is 0. The Morgan fingerprint density at radius 1 is 1.59 bits per heavy atom. The first-order chi connectivity index (χ1) is 8.16. The highest BCUT2D eigenvalue weighted by molar-refractivity contribution is 5.36. The smallest absolute Gasteiger partial charge is 0.124 e. The van der Waals surface area contributed by atoms with Gasteiger partial charge in [-0.15, -0.1) is 0 Å². The lowest BCUT2D eigenvalue weighted by Gasteiger charge is -2.16. The molecule has 0 radical (unpaired) electrons. The van der Waals surface area contributed by atoms with E-state index in [1.807, 2.05) is 6.92 Å². The van der Waals surface area contributed by atoms with Gasteiger partial charge >= 0.3 is 0 Å². The zero-order valence-corrected chi connectivity index (χ0v) is 9.99. The number of hydrogen-bond acceptors (Lipinski definition) is 3. The second-order valence-corrected chi connectivity index (χ2v) is 4.42. The van der Waals surface area contributed by atoms with Gasteiger partial charge in [-0.05, 0) is 38.0 Å². The predicted molar refractivity (Wildman–Crippen MR) is 63.5 cm³/mol. The van der Waals surface area contributed by atoms with E-state index in [4.69, 9.17) is 15.2 Å². The number of halogens is 1. The highest BCUT2D eigenvalue weighted by Crippen LogP contribution is 2.25. The van der Waals surface area contributed by atoms with Crippen LogP contribution in [-0.2, 0) is 4.74 Å². The average molecular weight is 239 g/mol. The molecule has 1 saturated heterocycles. The summed E-state index contributed by atoms with van der Waals surface area (Å²) in [6.07, 6.45) is 2.26. The highest BCUT2D eigenvalue weighted by atomic mass is 19.1. The number of nitrogens with two attached hydrogens (primary N) is 1. The van der Waals surface area contributed by atoms with Gasteiger partial charge in [0.1, 0.15) is 18.2 Å². The standard InChI is InChI=1S/C13H18FNO2/c1-9(15)12-7-10(14)4-5-13(12)17-8-11-3-2-6-16-11/h4-5,7,9,11H,2-3,6,8,15H2,1H3. The molecule has 1 aliphatic heterocycles. The summed E-state index contributed by atoms with van der Waals surface area (Å²) in [5.41, 5.74) is 6.49. The minimum absolute atomic E-state index is 0.154. The molecule has 0 aromatic heterocycles. The minimum atomic E-state index is -0.290. The van der Waals surface area contributed by atoms with Gasteiger partial charge in [0.25, 0.3) is 0 Å². The second-order valence-electron chi connectivity index (χ2n) is 4.42. The Hall–Kier alpha value is -1.13. The molecule has 1 aliphatic rings. The summed E-state index contributed by atoms with van der Waals surface area (Å²) >= 11 is 0. The summed E-state index contributed by atoms with van der Waals surface area (Å²) in [4.78, 5) is 0. The lowest BCUT2D eigenvalue weighted by molar-refractivity contribution is 0.0675. The van der Waals surface area contributed by atoms with Crippen molar-refractivity contribution in [2.24, 2.45) is 5.73 Å². The SMILES string of the molecule is CC(N)c1cc(F)ccc1OCC1CCCO1. The molecule has 0 spiro atoms. The molecular formula is C13H18FNO2. The zero-order chi connectivity index (χ0) is 12.3. The Morgan fingerprint density at radius 2 is 2.41 bits per heavy atom. The highest BCUT2D eigenvalue weighted by Gasteiger charge is 2.17. The van der Waals surface area contributed by atoms with Crippen LogP contribution in [0.5, 0.6) is 5.75 Å². The monoisotopic (exact) mass is 239 g/mol. The maximum absolute atomic E-state index is 13.1. The number of hydrogen-bond donors (Lipinski definition) is 1. The van der Waals surface area contributed by atoms with Crippen LogP contribution in [0, 0.1) is 5.82 Å². The molecular weight excluding hydrogens is 221 g/mol.